The number of benzene rings is 1. The van der Waals surface area contributed by atoms with E-state index in [9.17, 15) is 4.39 Å². The van der Waals surface area contributed by atoms with Crippen LogP contribution in [-0.4, -0.2) is 51.3 Å². The molecule has 0 radical (unpaired) electrons. The molecule has 2 heterocycles. The van der Waals surface area contributed by atoms with Gasteiger partial charge < -0.3 is 19.7 Å². The molecule has 2 aliphatic heterocycles. The van der Waals surface area contributed by atoms with Gasteiger partial charge in [0.25, 0.3) is 0 Å². The lowest BCUT2D eigenvalue weighted by Crippen LogP contribution is -2.41. The Hall–Kier alpha value is -0.930. The molecule has 0 amide bonds. The lowest BCUT2D eigenvalue weighted by Gasteiger charge is -2.25. The van der Waals surface area contributed by atoms with Crippen LogP contribution in [0.5, 0.6) is 0 Å². The maximum atomic E-state index is 13.7. The summed E-state index contributed by atoms with van der Waals surface area (Å²) >= 11 is 0. The van der Waals surface area contributed by atoms with Crippen molar-refractivity contribution < 1.29 is 13.9 Å². The molecule has 0 bridgehead atoms. The molecule has 1 aromatic carbocycles. The number of aliphatic imine (C=N–C) groups is 1. The van der Waals surface area contributed by atoms with Crippen molar-refractivity contribution in [3.8, 4) is 0 Å². The Balaban J connectivity index is 0.00000225. The lowest BCUT2D eigenvalue weighted by molar-refractivity contribution is 0.156. The minimum Gasteiger partial charge on any atom is -0.381 e. The van der Waals surface area contributed by atoms with E-state index >= 15 is 0 Å². The number of hydrogen-bond acceptors (Lipinski definition) is 3. The van der Waals surface area contributed by atoms with Crippen LogP contribution in [0.15, 0.2) is 23.2 Å². The van der Waals surface area contributed by atoms with Crippen LogP contribution in [0.1, 0.15) is 24.0 Å². The minimum absolute atomic E-state index is 0. The molecule has 2 aliphatic rings. The summed E-state index contributed by atoms with van der Waals surface area (Å²) < 4.78 is 24.3. The van der Waals surface area contributed by atoms with Crippen LogP contribution < -0.4 is 5.32 Å². The highest BCUT2D eigenvalue weighted by Crippen LogP contribution is 2.38. The van der Waals surface area contributed by atoms with Crippen molar-refractivity contribution in [1.82, 2.24) is 10.2 Å². The molecule has 0 aliphatic carbocycles. The standard InChI is InChI=1S/C18H26FN3O2.HI/c1-20-17(22-7-5-18(12-22)6-8-24-13-18)21-10-14-3-4-16(19)15(9-14)11-23-2;/h3-4,9H,5-8,10-13H2,1-2H3,(H,20,21);1H. The SMILES string of the molecule is CN=C(NCc1ccc(F)c(COC)c1)N1CCC2(CCOC2)C1.I. The first-order valence-corrected chi connectivity index (χ1v) is 8.45. The van der Waals surface area contributed by atoms with Gasteiger partial charge in [-0.1, -0.05) is 6.07 Å². The van der Waals surface area contributed by atoms with Crippen LogP contribution in [0.3, 0.4) is 0 Å². The van der Waals surface area contributed by atoms with Crippen LogP contribution in [-0.2, 0) is 22.6 Å². The molecule has 5 nitrogen and oxygen atoms in total. The topological polar surface area (TPSA) is 46.1 Å². The van der Waals surface area contributed by atoms with Gasteiger partial charge in [-0.3, -0.25) is 4.99 Å². The number of ether oxygens (including phenoxy) is 2. The summed E-state index contributed by atoms with van der Waals surface area (Å²) in [6, 6.07) is 5.13. The van der Waals surface area contributed by atoms with Gasteiger partial charge in [0.15, 0.2) is 5.96 Å². The number of hydrogen-bond donors (Lipinski definition) is 1. The fraction of sp³-hybridized carbons (Fsp3) is 0.611. The summed E-state index contributed by atoms with van der Waals surface area (Å²) in [6.45, 7) is 4.62. The van der Waals surface area contributed by atoms with Gasteiger partial charge in [-0.15, -0.1) is 24.0 Å². The van der Waals surface area contributed by atoms with Gasteiger partial charge in [0.2, 0.25) is 0 Å². The second-order valence-corrected chi connectivity index (χ2v) is 6.73. The maximum Gasteiger partial charge on any atom is 0.193 e. The molecule has 25 heavy (non-hydrogen) atoms. The number of nitrogens with one attached hydrogen (secondary N) is 1. The molecule has 1 N–H and O–H groups in total. The van der Waals surface area contributed by atoms with Gasteiger partial charge in [-0.2, -0.15) is 0 Å². The number of guanidine groups is 1. The van der Waals surface area contributed by atoms with Gasteiger partial charge >= 0.3 is 0 Å². The third-order valence-corrected chi connectivity index (χ3v) is 5.00. The zero-order chi connectivity index (χ0) is 17.0. The van der Waals surface area contributed by atoms with Crippen LogP contribution in [0, 0.1) is 11.2 Å². The van der Waals surface area contributed by atoms with Gasteiger partial charge in [0, 0.05) is 51.4 Å². The van der Waals surface area contributed by atoms with Crippen molar-refractivity contribution in [2.75, 3.05) is 40.5 Å². The summed E-state index contributed by atoms with van der Waals surface area (Å²) in [5.41, 5.74) is 1.90. The molecule has 1 aromatic rings. The summed E-state index contributed by atoms with van der Waals surface area (Å²) in [7, 11) is 3.38. The highest BCUT2D eigenvalue weighted by Gasteiger charge is 2.42. The summed E-state index contributed by atoms with van der Waals surface area (Å²) in [5.74, 6) is 0.670. The number of rotatable bonds is 4. The average Bonchev–Trinajstić information content (AvgIpc) is 3.22. The molecule has 140 valence electrons. The Morgan fingerprint density at radius 2 is 2.28 bits per heavy atom. The van der Waals surface area contributed by atoms with Crippen LogP contribution in [0.2, 0.25) is 0 Å². The third-order valence-electron chi connectivity index (χ3n) is 5.00. The summed E-state index contributed by atoms with van der Waals surface area (Å²) in [4.78, 5) is 6.71. The highest BCUT2D eigenvalue weighted by molar-refractivity contribution is 14.0. The van der Waals surface area contributed by atoms with Crippen LogP contribution in [0.4, 0.5) is 4.39 Å². The zero-order valence-electron chi connectivity index (χ0n) is 14.9. The number of nitrogens with zero attached hydrogens (tertiary/aromatic N) is 2. The molecule has 7 heteroatoms. The van der Waals surface area contributed by atoms with Crippen molar-refractivity contribution >= 4 is 29.9 Å². The fourth-order valence-corrected chi connectivity index (χ4v) is 3.60. The molecule has 2 saturated heterocycles. The Morgan fingerprint density at radius 1 is 1.44 bits per heavy atom. The number of likely N-dealkylation sites (tertiary alicyclic amines) is 1. The smallest absolute Gasteiger partial charge is 0.193 e. The van der Waals surface area contributed by atoms with Gasteiger partial charge in [0.05, 0.1) is 13.2 Å². The second kappa shape index (κ2) is 9.14. The van der Waals surface area contributed by atoms with Crippen molar-refractivity contribution in [1.29, 1.82) is 0 Å². The fourth-order valence-electron chi connectivity index (χ4n) is 3.60. The number of halogens is 2. The number of methoxy groups -OCH3 is 1. The maximum absolute atomic E-state index is 13.7. The Kier molecular flexibility index (Phi) is 7.45. The predicted octanol–water partition coefficient (Wildman–Crippen LogP) is 2.78. The molecular weight excluding hydrogens is 436 g/mol. The third kappa shape index (κ3) is 4.83. The molecule has 0 saturated carbocycles. The molecular formula is C18H27FIN3O2. The van der Waals surface area contributed by atoms with E-state index < -0.39 is 0 Å². The quantitative estimate of drug-likeness (QED) is 0.424. The normalized spacial score (nSPS) is 23.2. The highest BCUT2D eigenvalue weighted by atomic mass is 127. The van der Waals surface area contributed by atoms with Crippen molar-refractivity contribution in [2.24, 2.45) is 10.4 Å². The minimum atomic E-state index is -0.229. The first-order valence-electron chi connectivity index (χ1n) is 8.45. The Bertz CT molecular complexity index is 606. The van der Waals surface area contributed by atoms with E-state index in [2.05, 4.69) is 15.2 Å². The van der Waals surface area contributed by atoms with E-state index in [1.807, 2.05) is 6.07 Å². The van der Waals surface area contributed by atoms with Gasteiger partial charge in [0.1, 0.15) is 5.82 Å². The van der Waals surface area contributed by atoms with E-state index in [1.165, 1.54) is 6.07 Å². The summed E-state index contributed by atoms with van der Waals surface area (Å²) in [6.07, 6.45) is 2.29. The van der Waals surface area contributed by atoms with E-state index in [4.69, 9.17) is 9.47 Å². The van der Waals surface area contributed by atoms with Crippen LogP contribution in [0.25, 0.3) is 0 Å². The Labute approximate surface area is 166 Å². The Morgan fingerprint density at radius 3 is 2.96 bits per heavy atom. The second-order valence-electron chi connectivity index (χ2n) is 6.73. The molecule has 1 atom stereocenters. The average molecular weight is 463 g/mol. The first kappa shape index (κ1) is 20.4. The largest absolute Gasteiger partial charge is 0.381 e. The molecule has 3 rings (SSSR count). The van der Waals surface area contributed by atoms with Gasteiger partial charge in [-0.25, -0.2) is 4.39 Å². The molecule has 1 unspecified atom stereocenters. The first-order chi connectivity index (χ1) is 11.7. The predicted molar refractivity (Wildman–Crippen MR) is 107 cm³/mol. The molecule has 1 spiro atoms. The monoisotopic (exact) mass is 463 g/mol. The molecule has 2 fully saturated rings. The van der Waals surface area contributed by atoms with Crippen molar-refractivity contribution in [3.05, 3.63) is 35.1 Å². The van der Waals surface area contributed by atoms with Crippen molar-refractivity contribution in [3.63, 3.8) is 0 Å². The lowest BCUT2D eigenvalue weighted by atomic mass is 9.87. The van der Waals surface area contributed by atoms with E-state index in [-0.39, 0.29) is 36.4 Å². The van der Waals surface area contributed by atoms with E-state index in [0.29, 0.717) is 17.5 Å². The van der Waals surface area contributed by atoms with E-state index in [0.717, 1.165) is 50.7 Å². The van der Waals surface area contributed by atoms with Crippen LogP contribution >= 0.6 is 24.0 Å². The zero-order valence-corrected chi connectivity index (χ0v) is 17.2. The van der Waals surface area contributed by atoms with E-state index in [1.54, 1.807) is 20.2 Å². The molecule has 0 aromatic heterocycles. The van der Waals surface area contributed by atoms with Gasteiger partial charge in [-0.05, 0) is 30.5 Å². The van der Waals surface area contributed by atoms with Crippen molar-refractivity contribution in [2.45, 2.75) is 26.0 Å². The summed E-state index contributed by atoms with van der Waals surface area (Å²) in [5, 5.41) is 3.39.